The summed E-state index contributed by atoms with van der Waals surface area (Å²) in [7, 11) is 0. The SMILES string of the molecule is CCOC(=O)N(C#N)[N]N. The minimum absolute atomic E-state index is 0.187. The number of nitriles is 1. The first-order valence-corrected chi connectivity index (χ1v) is 2.53. The van der Waals surface area contributed by atoms with Gasteiger partial charge in [-0.2, -0.15) is 5.26 Å². The van der Waals surface area contributed by atoms with Gasteiger partial charge in [0.2, 0.25) is 6.19 Å². The minimum atomic E-state index is -0.868. The Kier molecular flexibility index (Phi) is 3.95. The molecule has 0 spiro atoms. The third-order valence-corrected chi connectivity index (χ3v) is 0.651. The number of rotatable bonds is 2. The molecule has 0 heterocycles. The standard InChI is InChI=1S/C4H7N4O2/c1-2-10-4(9)8(3-5)7-6/h2,6H2,1H3. The molecule has 6 heteroatoms. The molecule has 2 N–H and O–H groups in total. The van der Waals surface area contributed by atoms with Gasteiger partial charge >= 0.3 is 6.09 Å². The third-order valence-electron chi connectivity index (χ3n) is 0.651. The van der Waals surface area contributed by atoms with E-state index in [9.17, 15) is 4.79 Å². The molecule has 0 aliphatic carbocycles. The van der Waals surface area contributed by atoms with Crippen molar-refractivity contribution in [3.05, 3.63) is 0 Å². The van der Waals surface area contributed by atoms with E-state index in [0.29, 0.717) is 5.01 Å². The first-order chi connectivity index (χ1) is 4.76. The van der Waals surface area contributed by atoms with Gasteiger partial charge in [-0.15, -0.1) is 5.01 Å². The average Bonchev–Trinajstić information content (AvgIpc) is 1.91. The number of carbonyl (C=O) groups is 1. The number of hydrogen-bond acceptors (Lipinski definition) is 4. The average molecular weight is 143 g/mol. The van der Waals surface area contributed by atoms with Crippen molar-refractivity contribution in [2.45, 2.75) is 6.92 Å². The Morgan fingerprint density at radius 2 is 2.60 bits per heavy atom. The van der Waals surface area contributed by atoms with E-state index >= 15 is 0 Å². The molecule has 1 amide bonds. The monoisotopic (exact) mass is 143 g/mol. The van der Waals surface area contributed by atoms with Crippen molar-refractivity contribution in [3.8, 4) is 6.19 Å². The van der Waals surface area contributed by atoms with Crippen molar-refractivity contribution in [2.75, 3.05) is 6.61 Å². The second-order valence-electron chi connectivity index (χ2n) is 1.23. The molecule has 0 aliphatic rings. The molecule has 10 heavy (non-hydrogen) atoms. The molecule has 55 valence electrons. The molecule has 0 bridgehead atoms. The second-order valence-corrected chi connectivity index (χ2v) is 1.23. The van der Waals surface area contributed by atoms with Gasteiger partial charge < -0.3 is 4.74 Å². The van der Waals surface area contributed by atoms with Crippen molar-refractivity contribution in [1.82, 2.24) is 10.5 Å². The zero-order valence-electron chi connectivity index (χ0n) is 5.44. The summed E-state index contributed by atoms with van der Waals surface area (Å²) in [5, 5.41) is 8.48. The lowest BCUT2D eigenvalue weighted by atomic mass is 10.8. The molecule has 0 unspecified atom stereocenters. The highest BCUT2D eigenvalue weighted by molar-refractivity contribution is 5.68. The molecule has 0 saturated heterocycles. The fourth-order valence-electron chi connectivity index (χ4n) is 0.298. The first kappa shape index (κ1) is 8.68. The van der Waals surface area contributed by atoms with Crippen molar-refractivity contribution in [3.63, 3.8) is 0 Å². The third kappa shape index (κ3) is 2.30. The molecule has 0 atom stereocenters. The van der Waals surface area contributed by atoms with Gasteiger partial charge in [0.1, 0.15) is 0 Å². The summed E-state index contributed by atoms with van der Waals surface area (Å²) in [6.45, 7) is 1.80. The van der Waals surface area contributed by atoms with E-state index in [1.165, 1.54) is 6.19 Å². The number of nitrogens with two attached hydrogens (primary N) is 1. The molecule has 0 rings (SSSR count). The molecule has 0 aromatic carbocycles. The molecule has 0 aromatic heterocycles. The van der Waals surface area contributed by atoms with Gasteiger partial charge in [-0.05, 0) is 12.5 Å². The highest BCUT2D eigenvalue weighted by atomic mass is 16.6. The maximum atomic E-state index is 10.5. The van der Waals surface area contributed by atoms with E-state index in [1.807, 2.05) is 0 Å². The molecule has 6 nitrogen and oxygen atoms in total. The summed E-state index contributed by atoms with van der Waals surface area (Å²) in [5.74, 6) is 4.64. The maximum Gasteiger partial charge on any atom is 0.440 e. The van der Waals surface area contributed by atoms with Crippen molar-refractivity contribution in [2.24, 2.45) is 5.84 Å². The van der Waals surface area contributed by atoms with E-state index in [2.05, 4.69) is 16.1 Å². The molecule has 1 radical (unpaired) electrons. The second kappa shape index (κ2) is 4.55. The van der Waals surface area contributed by atoms with Crippen molar-refractivity contribution in [1.29, 1.82) is 5.26 Å². The van der Waals surface area contributed by atoms with Crippen LogP contribution in [0.15, 0.2) is 0 Å². The van der Waals surface area contributed by atoms with Crippen LogP contribution in [-0.2, 0) is 4.74 Å². The lowest BCUT2D eigenvalue weighted by Crippen LogP contribution is -2.37. The Balaban J connectivity index is 3.80. The number of amides is 1. The number of ether oxygens (including phenoxy) is 1. The van der Waals surface area contributed by atoms with Crippen LogP contribution in [0.5, 0.6) is 0 Å². The van der Waals surface area contributed by atoms with Crippen LogP contribution in [0, 0.1) is 11.5 Å². The van der Waals surface area contributed by atoms with Crippen LogP contribution in [0.25, 0.3) is 0 Å². The van der Waals surface area contributed by atoms with Crippen LogP contribution in [0.2, 0.25) is 0 Å². The van der Waals surface area contributed by atoms with Gasteiger partial charge in [-0.25, -0.2) is 10.6 Å². The van der Waals surface area contributed by atoms with E-state index < -0.39 is 6.09 Å². The zero-order valence-corrected chi connectivity index (χ0v) is 5.44. The van der Waals surface area contributed by atoms with E-state index in [4.69, 9.17) is 5.26 Å². The van der Waals surface area contributed by atoms with Crippen LogP contribution in [-0.4, -0.2) is 17.7 Å². The highest BCUT2D eigenvalue weighted by Crippen LogP contribution is 1.85. The molecule has 0 aromatic rings. The fourth-order valence-corrected chi connectivity index (χ4v) is 0.298. The van der Waals surface area contributed by atoms with E-state index in [1.54, 1.807) is 6.92 Å². The van der Waals surface area contributed by atoms with Crippen LogP contribution in [0.3, 0.4) is 0 Å². The first-order valence-electron chi connectivity index (χ1n) is 2.53. The summed E-state index contributed by atoms with van der Waals surface area (Å²) < 4.78 is 4.38. The van der Waals surface area contributed by atoms with Crippen LogP contribution >= 0.6 is 0 Å². The topological polar surface area (TPSA) is 93.5 Å². The summed E-state index contributed by atoms with van der Waals surface area (Å²) in [5.41, 5.74) is 2.82. The van der Waals surface area contributed by atoms with Crippen LogP contribution in [0.1, 0.15) is 6.92 Å². The molecule has 0 aliphatic heterocycles. The molecule has 0 saturated carbocycles. The Hall–Kier alpha value is -1.32. The lowest BCUT2D eigenvalue weighted by Gasteiger charge is -2.06. The predicted octanol–water partition coefficient (Wildman–Crippen LogP) is -0.681. The predicted molar refractivity (Wildman–Crippen MR) is 30.8 cm³/mol. The largest absolute Gasteiger partial charge is 0.448 e. The van der Waals surface area contributed by atoms with E-state index in [0.717, 1.165) is 0 Å². The normalized spacial score (nSPS) is 8.10. The number of carbonyl (C=O) groups excluding carboxylic acids is 1. The van der Waals surface area contributed by atoms with Crippen molar-refractivity contribution >= 4 is 6.09 Å². The number of nitrogens with zero attached hydrogens (tertiary/aromatic N) is 3. The summed E-state index contributed by atoms with van der Waals surface area (Å²) in [6, 6.07) is 0. The molecular weight excluding hydrogens is 136 g/mol. The number of hydrogen-bond donors (Lipinski definition) is 1. The summed E-state index contributed by atoms with van der Waals surface area (Å²) in [6.07, 6.45) is 0.535. The Morgan fingerprint density at radius 3 is 2.90 bits per heavy atom. The Labute approximate surface area is 58.1 Å². The van der Waals surface area contributed by atoms with Crippen LogP contribution in [0.4, 0.5) is 4.79 Å². The van der Waals surface area contributed by atoms with Gasteiger partial charge in [0.15, 0.2) is 0 Å². The zero-order chi connectivity index (χ0) is 7.98. The smallest absolute Gasteiger partial charge is 0.440 e. The fraction of sp³-hybridized carbons (Fsp3) is 0.500. The van der Waals surface area contributed by atoms with Crippen LogP contribution < -0.4 is 11.4 Å². The highest BCUT2D eigenvalue weighted by Gasteiger charge is 2.12. The minimum Gasteiger partial charge on any atom is -0.448 e. The summed E-state index contributed by atoms with van der Waals surface area (Å²) in [4.78, 5) is 10.5. The van der Waals surface area contributed by atoms with Gasteiger partial charge in [-0.1, -0.05) is 0 Å². The van der Waals surface area contributed by atoms with Gasteiger partial charge in [0, 0.05) is 0 Å². The molecule has 0 fully saturated rings. The Morgan fingerprint density at radius 1 is 2.00 bits per heavy atom. The quantitative estimate of drug-likeness (QED) is 0.240. The summed E-state index contributed by atoms with van der Waals surface area (Å²) >= 11 is 0. The van der Waals surface area contributed by atoms with E-state index in [-0.39, 0.29) is 6.61 Å². The van der Waals surface area contributed by atoms with Crippen molar-refractivity contribution < 1.29 is 9.53 Å². The van der Waals surface area contributed by atoms with Gasteiger partial charge in [-0.3, -0.25) is 0 Å². The lowest BCUT2D eigenvalue weighted by molar-refractivity contribution is 0.109. The Bertz CT molecular complexity index is 152. The van der Waals surface area contributed by atoms with Gasteiger partial charge in [0.05, 0.1) is 6.61 Å². The van der Waals surface area contributed by atoms with Gasteiger partial charge in [0.25, 0.3) is 0 Å². The maximum absolute atomic E-state index is 10.5. The molecular formula is C4H7N4O2.